The van der Waals surface area contributed by atoms with Crippen LogP contribution in [0.5, 0.6) is 5.88 Å². The van der Waals surface area contributed by atoms with Gasteiger partial charge >= 0.3 is 11.9 Å². The summed E-state index contributed by atoms with van der Waals surface area (Å²) in [5.41, 5.74) is 0.573. The molecule has 32 heavy (non-hydrogen) atoms. The van der Waals surface area contributed by atoms with Crippen molar-refractivity contribution in [1.29, 1.82) is 0 Å². The molecule has 1 aliphatic heterocycles. The third-order valence-electron chi connectivity index (χ3n) is 4.82. The Bertz CT molecular complexity index is 1210. The number of hydrogen-bond acceptors (Lipinski definition) is 8. The molecule has 168 valence electrons. The third kappa shape index (κ3) is 4.65. The topological polar surface area (TPSA) is 93.4 Å². The zero-order chi connectivity index (χ0) is 22.9. The van der Waals surface area contributed by atoms with Crippen molar-refractivity contribution in [3.8, 4) is 5.88 Å². The lowest BCUT2D eigenvalue weighted by atomic mass is 10.0. The highest BCUT2D eigenvalue weighted by atomic mass is 32.1. The quantitative estimate of drug-likeness (QED) is 0.619. The molecule has 1 aliphatic rings. The van der Waals surface area contributed by atoms with Gasteiger partial charge in [0.05, 0.1) is 32.0 Å². The van der Waals surface area contributed by atoms with Gasteiger partial charge < -0.3 is 14.7 Å². The highest BCUT2D eigenvalue weighted by Crippen LogP contribution is 2.34. The van der Waals surface area contributed by atoms with Crippen LogP contribution in [-0.2, 0) is 12.7 Å². The van der Waals surface area contributed by atoms with Crippen LogP contribution in [-0.4, -0.2) is 50.9 Å². The number of β-amino-alcohol motifs (C(OH)–C–C–N with tert-alkyl or cyclic N) is 1. The van der Waals surface area contributed by atoms with E-state index in [0.29, 0.717) is 39.9 Å². The number of aromatic nitrogens is 4. The lowest BCUT2D eigenvalue weighted by Gasteiger charge is -2.30. The van der Waals surface area contributed by atoms with Gasteiger partial charge in [0.25, 0.3) is 0 Å². The molecule has 0 saturated carbocycles. The predicted octanol–water partition coefficient (Wildman–Crippen LogP) is 2.44. The standard InChI is InChI=1S/C20H18F3N5O3S/c1-31-17-4-2-3-14(25-17)13-7-8-27(10-15(13)29)18-24-11-28(19(30)26-18)9-12-5-6-16(32-12)20(21,22)23/h2-7,11,15,29H,8-10H2,1H3. The first-order valence-corrected chi connectivity index (χ1v) is 10.3. The molecule has 0 spiro atoms. The van der Waals surface area contributed by atoms with Crippen molar-refractivity contribution in [2.45, 2.75) is 18.8 Å². The summed E-state index contributed by atoms with van der Waals surface area (Å²) in [6, 6.07) is 7.55. The van der Waals surface area contributed by atoms with Crippen LogP contribution >= 0.6 is 11.3 Å². The molecule has 4 rings (SSSR count). The van der Waals surface area contributed by atoms with Gasteiger partial charge in [0.15, 0.2) is 0 Å². The fourth-order valence-corrected chi connectivity index (χ4v) is 4.12. The fraction of sp³-hybridized carbons (Fsp3) is 0.300. The first kappa shape index (κ1) is 22.0. The molecule has 12 heteroatoms. The number of aliphatic hydroxyl groups is 1. The third-order valence-corrected chi connectivity index (χ3v) is 5.93. The summed E-state index contributed by atoms with van der Waals surface area (Å²) >= 11 is 0.570. The summed E-state index contributed by atoms with van der Waals surface area (Å²) in [4.78, 5) is 26.1. The second-order valence-electron chi connectivity index (χ2n) is 6.98. The highest BCUT2D eigenvalue weighted by Gasteiger charge is 2.32. The summed E-state index contributed by atoms with van der Waals surface area (Å²) in [5.74, 6) is 0.555. The molecule has 1 unspecified atom stereocenters. The predicted molar refractivity (Wildman–Crippen MR) is 112 cm³/mol. The normalized spacial score (nSPS) is 16.7. The fourth-order valence-electron chi connectivity index (χ4n) is 3.25. The van der Waals surface area contributed by atoms with Gasteiger partial charge in [-0.2, -0.15) is 18.2 Å². The van der Waals surface area contributed by atoms with Gasteiger partial charge in [0.2, 0.25) is 11.8 Å². The number of thiophene rings is 1. The van der Waals surface area contributed by atoms with E-state index in [2.05, 4.69) is 15.0 Å². The summed E-state index contributed by atoms with van der Waals surface area (Å²) in [7, 11) is 1.51. The Kier molecular flexibility index (Phi) is 5.98. The van der Waals surface area contributed by atoms with Crippen molar-refractivity contribution in [1.82, 2.24) is 19.5 Å². The number of anilines is 1. The van der Waals surface area contributed by atoms with Crippen molar-refractivity contribution in [2.75, 3.05) is 25.1 Å². The van der Waals surface area contributed by atoms with Gasteiger partial charge in [0.1, 0.15) is 11.2 Å². The van der Waals surface area contributed by atoms with Crippen molar-refractivity contribution in [3.05, 3.63) is 68.7 Å². The summed E-state index contributed by atoms with van der Waals surface area (Å²) < 4.78 is 44.5. The highest BCUT2D eigenvalue weighted by molar-refractivity contribution is 7.12. The summed E-state index contributed by atoms with van der Waals surface area (Å²) in [5, 5.41) is 10.6. The Hall–Kier alpha value is -3.25. The Labute approximate surface area is 184 Å². The Morgan fingerprint density at radius 2 is 2.06 bits per heavy atom. The van der Waals surface area contributed by atoms with Crippen molar-refractivity contribution in [2.24, 2.45) is 0 Å². The van der Waals surface area contributed by atoms with Crippen molar-refractivity contribution in [3.63, 3.8) is 0 Å². The average molecular weight is 465 g/mol. The molecule has 0 fully saturated rings. The lowest BCUT2D eigenvalue weighted by molar-refractivity contribution is -0.134. The first-order valence-electron chi connectivity index (χ1n) is 9.48. The van der Waals surface area contributed by atoms with Crippen LogP contribution in [0.1, 0.15) is 15.4 Å². The molecule has 1 N–H and O–H groups in total. The van der Waals surface area contributed by atoms with Crippen LogP contribution in [0.3, 0.4) is 0 Å². The largest absolute Gasteiger partial charge is 0.481 e. The van der Waals surface area contributed by atoms with Gasteiger partial charge in [0, 0.05) is 23.1 Å². The zero-order valence-corrected chi connectivity index (χ0v) is 17.6. The molecular formula is C20H18F3N5O3S. The lowest BCUT2D eigenvalue weighted by Crippen LogP contribution is -2.40. The number of hydrogen-bond donors (Lipinski definition) is 1. The Morgan fingerprint density at radius 3 is 2.72 bits per heavy atom. The maximum Gasteiger partial charge on any atom is 0.425 e. The van der Waals surface area contributed by atoms with Crippen LogP contribution in [0.4, 0.5) is 19.1 Å². The Balaban J connectivity index is 1.49. The second kappa shape index (κ2) is 8.71. The number of methoxy groups -OCH3 is 1. The van der Waals surface area contributed by atoms with Gasteiger partial charge in [-0.05, 0) is 18.2 Å². The SMILES string of the molecule is COc1cccc(C2=CCN(c3ncn(Cc4ccc(C(F)(F)F)s4)c(=O)n3)CC2O)n1. The molecule has 0 saturated heterocycles. The van der Waals surface area contributed by atoms with Crippen LogP contribution in [0, 0.1) is 0 Å². The van der Waals surface area contributed by atoms with Crippen molar-refractivity contribution >= 4 is 22.9 Å². The molecule has 0 radical (unpaired) electrons. The van der Waals surface area contributed by atoms with Gasteiger partial charge in [-0.25, -0.2) is 14.8 Å². The molecule has 8 nitrogen and oxygen atoms in total. The summed E-state index contributed by atoms with van der Waals surface area (Å²) in [6.07, 6.45) is -2.29. The average Bonchev–Trinajstić information content (AvgIpc) is 3.24. The molecule has 1 atom stereocenters. The molecule has 0 aliphatic carbocycles. The first-order chi connectivity index (χ1) is 15.2. The van der Waals surface area contributed by atoms with Crippen LogP contribution in [0.25, 0.3) is 5.57 Å². The van der Waals surface area contributed by atoms with Crippen LogP contribution in [0.2, 0.25) is 0 Å². The number of nitrogens with zero attached hydrogens (tertiary/aromatic N) is 5. The minimum atomic E-state index is -4.42. The van der Waals surface area contributed by atoms with E-state index in [1.54, 1.807) is 29.2 Å². The minimum absolute atomic E-state index is 0.0615. The molecule has 0 aromatic carbocycles. The van der Waals surface area contributed by atoms with Crippen LogP contribution in [0.15, 0.2) is 47.5 Å². The van der Waals surface area contributed by atoms with Gasteiger partial charge in [-0.1, -0.05) is 12.1 Å². The number of pyridine rings is 1. The molecular weight excluding hydrogens is 447 g/mol. The number of ether oxygens (including phenoxy) is 1. The van der Waals surface area contributed by atoms with E-state index in [9.17, 15) is 23.1 Å². The number of rotatable bonds is 5. The van der Waals surface area contributed by atoms with E-state index in [4.69, 9.17) is 4.74 Å². The van der Waals surface area contributed by atoms with Gasteiger partial charge in [-0.3, -0.25) is 4.57 Å². The smallest absolute Gasteiger partial charge is 0.425 e. The molecule has 0 bridgehead atoms. The van der Waals surface area contributed by atoms with Crippen LogP contribution < -0.4 is 15.3 Å². The summed E-state index contributed by atoms with van der Waals surface area (Å²) in [6.45, 7) is 0.427. The minimum Gasteiger partial charge on any atom is -0.481 e. The monoisotopic (exact) mass is 465 g/mol. The second-order valence-corrected chi connectivity index (χ2v) is 8.14. The number of alkyl halides is 3. The van der Waals surface area contributed by atoms with Gasteiger partial charge in [-0.15, -0.1) is 11.3 Å². The number of halogens is 3. The van der Waals surface area contributed by atoms with E-state index in [1.807, 2.05) is 0 Å². The van der Waals surface area contributed by atoms with E-state index in [1.165, 1.54) is 19.5 Å². The zero-order valence-electron chi connectivity index (χ0n) is 16.8. The van der Waals surface area contributed by atoms with Crippen molar-refractivity contribution < 1.29 is 23.0 Å². The number of aliphatic hydroxyl groups excluding tert-OH is 1. The maximum atomic E-state index is 12.8. The molecule has 3 aromatic rings. The van der Waals surface area contributed by atoms with E-state index >= 15 is 0 Å². The molecule has 0 amide bonds. The Morgan fingerprint density at radius 1 is 1.25 bits per heavy atom. The van der Waals surface area contributed by atoms with E-state index in [0.717, 1.165) is 10.6 Å². The molecule has 3 aromatic heterocycles. The molecule has 4 heterocycles. The maximum absolute atomic E-state index is 12.8. The van der Waals surface area contributed by atoms with E-state index < -0.39 is 22.8 Å². The van der Waals surface area contributed by atoms with E-state index in [-0.39, 0.29) is 19.0 Å².